The molecule has 1 aliphatic heterocycles. The molecule has 2 N–H and O–H groups in total. The Morgan fingerprint density at radius 3 is 3.00 bits per heavy atom. The molecule has 0 amide bonds. The minimum atomic E-state index is 0.0655. The van der Waals surface area contributed by atoms with E-state index in [9.17, 15) is 0 Å². The number of halogens is 1. The van der Waals surface area contributed by atoms with Crippen molar-refractivity contribution in [2.24, 2.45) is 10.7 Å². The Hall–Kier alpha value is -1.49. The third-order valence-corrected chi connectivity index (χ3v) is 2.78. The maximum Gasteiger partial charge on any atom is 0.282 e. The van der Waals surface area contributed by atoms with Gasteiger partial charge < -0.3 is 15.4 Å². The molecule has 0 spiro atoms. The lowest BCUT2D eigenvalue weighted by Gasteiger charge is -2.23. The van der Waals surface area contributed by atoms with Crippen LogP contribution in [0.25, 0.3) is 0 Å². The third kappa shape index (κ3) is 3.00. The first-order valence-electron chi connectivity index (χ1n) is 5.52. The van der Waals surface area contributed by atoms with Gasteiger partial charge >= 0.3 is 0 Å². The van der Waals surface area contributed by atoms with E-state index in [0.29, 0.717) is 11.8 Å². The molecule has 0 fully saturated rings. The van der Waals surface area contributed by atoms with Gasteiger partial charge in [-0.15, -0.1) is 0 Å². The number of anilines is 1. The molecule has 5 nitrogen and oxygen atoms in total. The van der Waals surface area contributed by atoms with Crippen molar-refractivity contribution < 1.29 is 4.74 Å². The number of aromatic nitrogens is 1. The maximum atomic E-state index is 5.88. The maximum absolute atomic E-state index is 5.88. The normalized spacial score (nSPS) is 18.7. The summed E-state index contributed by atoms with van der Waals surface area (Å²) in [6.07, 6.45) is 0. The van der Waals surface area contributed by atoms with Crippen molar-refractivity contribution in [1.82, 2.24) is 4.98 Å². The van der Waals surface area contributed by atoms with Gasteiger partial charge in [0.2, 0.25) is 0 Å². The number of pyridine rings is 1. The number of hydrogen-bond donors (Lipinski definition) is 1. The minimum Gasteiger partial charge on any atom is -0.463 e. The van der Waals surface area contributed by atoms with Crippen LogP contribution < -0.4 is 10.6 Å². The van der Waals surface area contributed by atoms with Crippen LogP contribution in [0.15, 0.2) is 23.2 Å². The first-order valence-corrected chi connectivity index (χ1v) is 5.90. The third-order valence-electron chi connectivity index (χ3n) is 2.57. The van der Waals surface area contributed by atoms with E-state index < -0.39 is 0 Å². The molecule has 1 atom stereocenters. The average molecular weight is 255 g/mol. The molecule has 2 heterocycles. The molecule has 6 heteroatoms. The van der Waals surface area contributed by atoms with Crippen molar-refractivity contribution in [2.75, 3.05) is 24.6 Å². The number of nitrogens with two attached hydrogens (primary N) is 1. The van der Waals surface area contributed by atoms with Gasteiger partial charge in [-0.05, 0) is 19.1 Å². The van der Waals surface area contributed by atoms with E-state index in [1.165, 1.54) is 0 Å². The Kier molecular flexibility index (Phi) is 3.68. The van der Waals surface area contributed by atoms with E-state index in [0.717, 1.165) is 18.9 Å². The topological polar surface area (TPSA) is 63.7 Å². The van der Waals surface area contributed by atoms with Gasteiger partial charge in [0, 0.05) is 13.1 Å². The highest BCUT2D eigenvalue weighted by molar-refractivity contribution is 6.29. The smallest absolute Gasteiger partial charge is 0.282 e. The summed E-state index contributed by atoms with van der Waals surface area (Å²) in [6.45, 7) is 4.15. The van der Waals surface area contributed by atoms with E-state index >= 15 is 0 Å². The summed E-state index contributed by atoms with van der Waals surface area (Å²) in [4.78, 5) is 10.6. The zero-order valence-corrected chi connectivity index (χ0v) is 10.4. The van der Waals surface area contributed by atoms with E-state index in [2.05, 4.69) is 21.8 Å². The summed E-state index contributed by atoms with van der Waals surface area (Å²) in [5.41, 5.74) is 5.48. The molecule has 0 radical (unpaired) electrons. The van der Waals surface area contributed by atoms with E-state index in [-0.39, 0.29) is 12.1 Å². The van der Waals surface area contributed by atoms with Crippen LogP contribution >= 0.6 is 11.6 Å². The van der Waals surface area contributed by atoms with Gasteiger partial charge in [0.05, 0.1) is 0 Å². The van der Waals surface area contributed by atoms with Crippen molar-refractivity contribution in [2.45, 2.75) is 13.0 Å². The molecule has 0 saturated carbocycles. The molecule has 0 bridgehead atoms. The monoisotopic (exact) mass is 254 g/mol. The molecule has 0 saturated heterocycles. The van der Waals surface area contributed by atoms with E-state index in [1.807, 2.05) is 12.1 Å². The molecule has 92 valence electrons. The fraction of sp³-hybridized carbons (Fsp3) is 0.455. The van der Waals surface area contributed by atoms with Crippen LogP contribution in [0.2, 0.25) is 5.15 Å². The molecule has 1 aliphatic rings. The molecule has 1 unspecified atom stereocenters. The molecule has 0 aromatic carbocycles. The first kappa shape index (κ1) is 12.0. The Morgan fingerprint density at radius 2 is 2.41 bits per heavy atom. The van der Waals surface area contributed by atoms with Crippen LogP contribution in [0.5, 0.6) is 0 Å². The van der Waals surface area contributed by atoms with Crippen LogP contribution in [0, 0.1) is 0 Å². The lowest BCUT2D eigenvalue weighted by molar-refractivity contribution is 0.313. The number of nitrogens with zero attached hydrogens (tertiary/aromatic N) is 3. The summed E-state index contributed by atoms with van der Waals surface area (Å²) in [7, 11) is 0. The van der Waals surface area contributed by atoms with Gasteiger partial charge in [0.15, 0.2) is 0 Å². The number of amidine groups is 1. The summed E-state index contributed by atoms with van der Waals surface area (Å²) < 4.78 is 5.13. The molecule has 17 heavy (non-hydrogen) atoms. The SMILES string of the molecule is CCN(CC1COC(N)=N1)c1cccc(Cl)n1. The highest BCUT2D eigenvalue weighted by atomic mass is 35.5. The molecule has 1 aromatic heterocycles. The van der Waals surface area contributed by atoms with Gasteiger partial charge in [0.1, 0.15) is 23.6 Å². The molecular formula is C11H15ClN4O. The van der Waals surface area contributed by atoms with Crippen molar-refractivity contribution in [3.8, 4) is 0 Å². The number of ether oxygens (including phenoxy) is 1. The molecular weight excluding hydrogens is 240 g/mol. The summed E-state index contributed by atoms with van der Waals surface area (Å²) >= 11 is 5.88. The second-order valence-electron chi connectivity index (χ2n) is 3.79. The number of likely N-dealkylation sites (N-methyl/N-ethyl adjacent to an activating group) is 1. The second kappa shape index (κ2) is 5.23. The standard InChI is InChI=1S/C11H15ClN4O/c1-2-16(6-8-7-17-11(13)14-8)10-5-3-4-9(12)15-10/h3-5,8H,2,6-7H2,1H3,(H2,13,14). The lowest BCUT2D eigenvalue weighted by atomic mass is 10.3. The number of rotatable bonds is 4. The van der Waals surface area contributed by atoms with Crippen LogP contribution in [0.1, 0.15) is 6.92 Å². The van der Waals surface area contributed by atoms with Crippen molar-refractivity contribution in [1.29, 1.82) is 0 Å². The fourth-order valence-corrected chi connectivity index (χ4v) is 1.90. The van der Waals surface area contributed by atoms with Crippen LogP contribution in [-0.2, 0) is 4.74 Å². The second-order valence-corrected chi connectivity index (χ2v) is 4.18. The quantitative estimate of drug-likeness (QED) is 0.822. The zero-order valence-electron chi connectivity index (χ0n) is 9.64. The van der Waals surface area contributed by atoms with Gasteiger partial charge in [-0.25, -0.2) is 9.98 Å². The molecule has 2 rings (SSSR count). The Labute approximate surface area is 105 Å². The Bertz CT molecular complexity index is 424. The molecule has 0 aliphatic carbocycles. The molecule has 1 aromatic rings. The Morgan fingerprint density at radius 1 is 1.59 bits per heavy atom. The lowest BCUT2D eigenvalue weighted by Crippen LogP contribution is -2.32. The van der Waals surface area contributed by atoms with Crippen LogP contribution in [0.4, 0.5) is 5.82 Å². The minimum absolute atomic E-state index is 0.0655. The summed E-state index contributed by atoms with van der Waals surface area (Å²) in [5, 5.41) is 0.492. The predicted molar refractivity (Wildman–Crippen MR) is 68.5 cm³/mol. The van der Waals surface area contributed by atoms with Gasteiger partial charge in [-0.1, -0.05) is 17.7 Å². The van der Waals surface area contributed by atoms with Gasteiger partial charge in [-0.3, -0.25) is 0 Å². The first-order chi connectivity index (χ1) is 8.19. The van der Waals surface area contributed by atoms with Crippen LogP contribution in [0.3, 0.4) is 0 Å². The van der Waals surface area contributed by atoms with Gasteiger partial charge in [0.25, 0.3) is 6.02 Å². The highest BCUT2D eigenvalue weighted by Crippen LogP contribution is 2.16. The predicted octanol–water partition coefficient (Wildman–Crippen LogP) is 1.27. The highest BCUT2D eigenvalue weighted by Gasteiger charge is 2.20. The Balaban J connectivity index is 2.06. The summed E-state index contributed by atoms with van der Waals surface area (Å²) in [6, 6.07) is 5.91. The van der Waals surface area contributed by atoms with Crippen molar-refractivity contribution in [3.05, 3.63) is 23.4 Å². The van der Waals surface area contributed by atoms with E-state index in [1.54, 1.807) is 6.07 Å². The van der Waals surface area contributed by atoms with Crippen molar-refractivity contribution in [3.63, 3.8) is 0 Å². The number of hydrogen-bond acceptors (Lipinski definition) is 5. The fourth-order valence-electron chi connectivity index (χ4n) is 1.74. The van der Waals surface area contributed by atoms with Crippen molar-refractivity contribution >= 4 is 23.4 Å². The zero-order chi connectivity index (χ0) is 12.3. The number of aliphatic imine (C=N–C) groups is 1. The summed E-state index contributed by atoms with van der Waals surface area (Å²) in [5.74, 6) is 0.848. The average Bonchev–Trinajstić information content (AvgIpc) is 2.72. The van der Waals surface area contributed by atoms with Crippen LogP contribution in [-0.4, -0.2) is 36.7 Å². The largest absolute Gasteiger partial charge is 0.463 e. The van der Waals surface area contributed by atoms with E-state index in [4.69, 9.17) is 22.1 Å². The van der Waals surface area contributed by atoms with Gasteiger partial charge in [-0.2, -0.15) is 0 Å².